The fraction of sp³-hybridized carbons (Fsp3) is 0.226. The number of benzene rings is 3. The standard InChI is InChI=1S/C31H29F4N7O2/c1-19-3-5-22(38-29(44)26-15-20(31(33,34)35)4-10-27(26)32)16-25(19)28(43)39-23-17-36-30(37-18-23)40-21-6-8-24(9-7-21)42-13-11-41(2)12-14-42/h3-10,15-18H,11-14H2,1-2H3,(H,38,44)(H,39,43)(H,36,37,40). The lowest BCUT2D eigenvalue weighted by atomic mass is 10.1. The molecule has 2 amide bonds. The lowest BCUT2D eigenvalue weighted by Gasteiger charge is -2.34. The summed E-state index contributed by atoms with van der Waals surface area (Å²) in [5, 5.41) is 8.16. The van der Waals surface area contributed by atoms with Gasteiger partial charge in [-0.3, -0.25) is 9.59 Å². The van der Waals surface area contributed by atoms with E-state index in [1.165, 1.54) is 24.5 Å². The molecule has 2 heterocycles. The van der Waals surface area contributed by atoms with Crippen molar-refractivity contribution in [1.29, 1.82) is 0 Å². The van der Waals surface area contributed by atoms with Crippen LogP contribution in [0.5, 0.6) is 0 Å². The van der Waals surface area contributed by atoms with Crippen molar-refractivity contribution in [3.8, 4) is 0 Å². The highest BCUT2D eigenvalue weighted by Crippen LogP contribution is 2.31. The Morgan fingerprint density at radius 2 is 1.39 bits per heavy atom. The van der Waals surface area contributed by atoms with Crippen LogP contribution in [0.3, 0.4) is 0 Å². The summed E-state index contributed by atoms with van der Waals surface area (Å²) >= 11 is 0. The molecule has 0 unspecified atom stereocenters. The minimum Gasteiger partial charge on any atom is -0.369 e. The fourth-order valence-electron chi connectivity index (χ4n) is 4.62. The first-order valence-corrected chi connectivity index (χ1v) is 13.7. The largest absolute Gasteiger partial charge is 0.416 e. The normalized spacial score (nSPS) is 13.8. The Morgan fingerprint density at radius 3 is 2.05 bits per heavy atom. The van der Waals surface area contributed by atoms with E-state index in [0.717, 1.165) is 37.6 Å². The van der Waals surface area contributed by atoms with Crippen LogP contribution >= 0.6 is 0 Å². The SMILES string of the molecule is Cc1ccc(NC(=O)c2cc(C(F)(F)F)ccc2F)cc1C(=O)Nc1cnc(Nc2ccc(N3CCN(C)CC3)cc2)nc1. The molecule has 0 radical (unpaired) electrons. The number of amides is 2. The van der Waals surface area contributed by atoms with Crippen LogP contribution in [0.25, 0.3) is 0 Å². The van der Waals surface area contributed by atoms with Gasteiger partial charge in [-0.2, -0.15) is 13.2 Å². The molecule has 0 atom stereocenters. The van der Waals surface area contributed by atoms with E-state index in [9.17, 15) is 27.2 Å². The number of rotatable bonds is 7. The van der Waals surface area contributed by atoms with Gasteiger partial charge in [-0.05, 0) is 74.1 Å². The highest BCUT2D eigenvalue weighted by molar-refractivity contribution is 6.08. The molecule has 3 N–H and O–H groups in total. The van der Waals surface area contributed by atoms with E-state index >= 15 is 0 Å². The maximum Gasteiger partial charge on any atom is 0.416 e. The predicted molar refractivity (Wildman–Crippen MR) is 160 cm³/mol. The van der Waals surface area contributed by atoms with E-state index in [0.29, 0.717) is 35.4 Å². The van der Waals surface area contributed by atoms with Gasteiger partial charge in [-0.25, -0.2) is 14.4 Å². The molecule has 0 bridgehead atoms. The third kappa shape index (κ3) is 7.29. The first kappa shape index (κ1) is 30.4. The summed E-state index contributed by atoms with van der Waals surface area (Å²) in [5.41, 5.74) is 1.16. The molecule has 1 saturated heterocycles. The predicted octanol–water partition coefficient (Wildman–Crippen LogP) is 5.94. The Bertz CT molecular complexity index is 1650. The molecule has 5 rings (SSSR count). The maximum atomic E-state index is 14.2. The van der Waals surface area contributed by atoms with Crippen molar-refractivity contribution in [1.82, 2.24) is 14.9 Å². The van der Waals surface area contributed by atoms with Crippen LogP contribution in [0.2, 0.25) is 0 Å². The number of nitrogens with zero attached hydrogens (tertiary/aromatic N) is 4. The Balaban J connectivity index is 1.21. The van der Waals surface area contributed by atoms with Crippen molar-refractivity contribution in [2.45, 2.75) is 13.1 Å². The summed E-state index contributed by atoms with van der Waals surface area (Å²) in [6, 6.07) is 13.9. The molecule has 0 saturated carbocycles. The smallest absolute Gasteiger partial charge is 0.369 e. The molecular formula is C31H29F4N7O2. The number of likely N-dealkylation sites (N-methyl/N-ethyl adjacent to an activating group) is 1. The molecule has 1 aliphatic rings. The summed E-state index contributed by atoms with van der Waals surface area (Å²) < 4.78 is 53.3. The van der Waals surface area contributed by atoms with Gasteiger partial charge in [0, 0.05) is 48.8 Å². The van der Waals surface area contributed by atoms with Gasteiger partial charge in [0.1, 0.15) is 5.82 Å². The molecule has 0 spiro atoms. The average molecular weight is 608 g/mol. The van der Waals surface area contributed by atoms with Gasteiger partial charge in [0.2, 0.25) is 5.95 Å². The summed E-state index contributed by atoms with van der Waals surface area (Å²) in [6.07, 6.45) is -1.88. The Labute approximate surface area is 250 Å². The molecule has 0 aliphatic carbocycles. The van der Waals surface area contributed by atoms with Gasteiger partial charge < -0.3 is 25.8 Å². The van der Waals surface area contributed by atoms with Crippen molar-refractivity contribution in [2.75, 3.05) is 54.1 Å². The average Bonchev–Trinajstić information content (AvgIpc) is 2.99. The van der Waals surface area contributed by atoms with Crippen molar-refractivity contribution in [2.24, 2.45) is 0 Å². The lowest BCUT2D eigenvalue weighted by Crippen LogP contribution is -2.44. The van der Waals surface area contributed by atoms with Gasteiger partial charge in [0.05, 0.1) is 29.2 Å². The lowest BCUT2D eigenvalue weighted by molar-refractivity contribution is -0.137. The third-order valence-electron chi connectivity index (χ3n) is 7.18. The van der Waals surface area contributed by atoms with Gasteiger partial charge in [0.15, 0.2) is 0 Å². The molecule has 9 nitrogen and oxygen atoms in total. The van der Waals surface area contributed by atoms with Gasteiger partial charge in [-0.15, -0.1) is 0 Å². The number of hydrogen-bond acceptors (Lipinski definition) is 7. The van der Waals surface area contributed by atoms with E-state index in [4.69, 9.17) is 0 Å². The van der Waals surface area contributed by atoms with Crippen LogP contribution in [0.15, 0.2) is 73.1 Å². The number of piperazine rings is 1. The van der Waals surface area contributed by atoms with Crippen LogP contribution in [-0.4, -0.2) is 59.9 Å². The number of carbonyl (C=O) groups excluding carboxylic acids is 2. The minimum atomic E-state index is -4.74. The van der Waals surface area contributed by atoms with E-state index < -0.39 is 34.9 Å². The zero-order valence-corrected chi connectivity index (χ0v) is 23.9. The summed E-state index contributed by atoms with van der Waals surface area (Å²) in [6.45, 7) is 5.65. The third-order valence-corrected chi connectivity index (χ3v) is 7.18. The molecule has 1 aromatic heterocycles. The zero-order valence-electron chi connectivity index (χ0n) is 23.9. The van der Waals surface area contributed by atoms with E-state index in [-0.39, 0.29) is 11.3 Å². The first-order valence-electron chi connectivity index (χ1n) is 13.7. The van der Waals surface area contributed by atoms with E-state index in [1.54, 1.807) is 13.0 Å². The zero-order chi connectivity index (χ0) is 31.4. The van der Waals surface area contributed by atoms with E-state index in [1.807, 2.05) is 24.3 Å². The number of alkyl halides is 3. The van der Waals surface area contributed by atoms with Crippen LogP contribution in [0.1, 0.15) is 31.8 Å². The summed E-state index contributed by atoms with van der Waals surface area (Å²) in [5.74, 6) is -2.40. The molecule has 4 aromatic rings. The molecular weight excluding hydrogens is 578 g/mol. The van der Waals surface area contributed by atoms with Crippen LogP contribution in [0.4, 0.5) is 46.3 Å². The molecule has 3 aromatic carbocycles. The molecule has 1 aliphatic heterocycles. The van der Waals surface area contributed by atoms with Crippen molar-refractivity contribution >= 4 is 40.5 Å². The van der Waals surface area contributed by atoms with Crippen molar-refractivity contribution in [3.63, 3.8) is 0 Å². The molecule has 44 heavy (non-hydrogen) atoms. The van der Waals surface area contributed by atoms with Crippen LogP contribution < -0.4 is 20.9 Å². The Morgan fingerprint density at radius 1 is 0.773 bits per heavy atom. The van der Waals surface area contributed by atoms with Gasteiger partial charge in [-0.1, -0.05) is 6.07 Å². The van der Waals surface area contributed by atoms with Gasteiger partial charge >= 0.3 is 6.18 Å². The number of aryl methyl sites for hydroxylation is 1. The number of carbonyl (C=O) groups is 2. The highest BCUT2D eigenvalue weighted by atomic mass is 19.4. The van der Waals surface area contributed by atoms with Gasteiger partial charge in [0.25, 0.3) is 11.8 Å². The number of aromatic nitrogens is 2. The monoisotopic (exact) mass is 607 g/mol. The molecule has 228 valence electrons. The topological polar surface area (TPSA) is 102 Å². The molecule has 13 heteroatoms. The second kappa shape index (κ2) is 12.7. The van der Waals surface area contributed by atoms with E-state index in [2.05, 4.69) is 42.8 Å². The number of hydrogen-bond donors (Lipinski definition) is 3. The fourth-order valence-corrected chi connectivity index (χ4v) is 4.62. The second-order valence-corrected chi connectivity index (χ2v) is 10.4. The second-order valence-electron chi connectivity index (χ2n) is 10.4. The van der Waals surface area contributed by atoms with Crippen LogP contribution in [-0.2, 0) is 6.18 Å². The highest BCUT2D eigenvalue weighted by Gasteiger charge is 2.32. The van der Waals surface area contributed by atoms with Crippen LogP contribution in [0, 0.1) is 12.7 Å². The first-order chi connectivity index (χ1) is 21.0. The number of halogens is 4. The Hall–Kier alpha value is -5.04. The number of nitrogens with one attached hydrogen (secondary N) is 3. The minimum absolute atomic E-state index is 0.0944. The number of anilines is 5. The Kier molecular flexibility index (Phi) is 8.76. The van der Waals surface area contributed by atoms with Crippen molar-refractivity contribution in [3.05, 3.63) is 101 Å². The maximum absolute atomic E-state index is 14.2. The quantitative estimate of drug-likeness (QED) is 0.224. The summed E-state index contributed by atoms with van der Waals surface area (Å²) in [7, 11) is 2.11. The molecule has 1 fully saturated rings. The summed E-state index contributed by atoms with van der Waals surface area (Å²) in [4.78, 5) is 38.8. The van der Waals surface area contributed by atoms with Crippen molar-refractivity contribution < 1.29 is 27.2 Å².